The van der Waals surface area contributed by atoms with E-state index in [4.69, 9.17) is 12.2 Å². The molecular formula is C17H18F2N2S. The molecule has 0 aromatic heterocycles. The topological polar surface area (TPSA) is 24.1 Å². The lowest BCUT2D eigenvalue weighted by Gasteiger charge is -2.17. The summed E-state index contributed by atoms with van der Waals surface area (Å²) in [5.74, 6) is -1.70. The molecule has 22 heavy (non-hydrogen) atoms. The third-order valence-electron chi connectivity index (χ3n) is 3.33. The van der Waals surface area contributed by atoms with E-state index < -0.39 is 11.6 Å². The molecule has 0 aliphatic carbocycles. The van der Waals surface area contributed by atoms with Gasteiger partial charge in [-0.05, 0) is 48.8 Å². The Morgan fingerprint density at radius 1 is 1.09 bits per heavy atom. The number of rotatable bonds is 5. The van der Waals surface area contributed by atoms with Gasteiger partial charge in [0.25, 0.3) is 0 Å². The van der Waals surface area contributed by atoms with E-state index in [1.54, 1.807) is 6.07 Å². The molecule has 0 spiro atoms. The number of benzene rings is 2. The summed E-state index contributed by atoms with van der Waals surface area (Å²) in [7, 11) is 0. The smallest absolute Gasteiger partial charge is 0.166 e. The van der Waals surface area contributed by atoms with Crippen molar-refractivity contribution < 1.29 is 8.78 Å². The molecule has 0 radical (unpaired) electrons. The predicted molar refractivity (Wildman–Crippen MR) is 88.7 cm³/mol. The summed E-state index contributed by atoms with van der Waals surface area (Å²) in [4.78, 5) is 0. The monoisotopic (exact) mass is 320 g/mol. The van der Waals surface area contributed by atoms with Crippen LogP contribution in [0.2, 0.25) is 0 Å². The zero-order valence-corrected chi connectivity index (χ0v) is 13.1. The van der Waals surface area contributed by atoms with Crippen LogP contribution in [-0.4, -0.2) is 11.7 Å². The fourth-order valence-electron chi connectivity index (χ4n) is 2.08. The summed E-state index contributed by atoms with van der Waals surface area (Å²) < 4.78 is 26.1. The molecule has 0 saturated heterocycles. The quantitative estimate of drug-likeness (QED) is 0.821. The summed E-state index contributed by atoms with van der Waals surface area (Å²) in [6.45, 7) is 2.55. The molecule has 2 aromatic carbocycles. The molecule has 0 bridgehead atoms. The minimum atomic E-state index is -0.853. The highest BCUT2D eigenvalue weighted by atomic mass is 32.1. The SMILES string of the molecule is C[C@H](NC(=S)NCCc1ccccc1)c1ccc(F)c(F)c1. The Kier molecular flexibility index (Phi) is 5.83. The lowest BCUT2D eigenvalue weighted by atomic mass is 10.1. The first-order valence-corrected chi connectivity index (χ1v) is 7.50. The van der Waals surface area contributed by atoms with Gasteiger partial charge in [0, 0.05) is 6.54 Å². The van der Waals surface area contributed by atoms with Crippen molar-refractivity contribution in [1.29, 1.82) is 0 Å². The molecule has 0 aliphatic heterocycles. The molecule has 0 heterocycles. The average molecular weight is 320 g/mol. The molecule has 5 heteroatoms. The first kappa shape index (κ1) is 16.4. The number of hydrogen-bond acceptors (Lipinski definition) is 1. The molecule has 0 saturated carbocycles. The highest BCUT2D eigenvalue weighted by molar-refractivity contribution is 7.80. The fourth-order valence-corrected chi connectivity index (χ4v) is 2.36. The Morgan fingerprint density at radius 3 is 2.50 bits per heavy atom. The van der Waals surface area contributed by atoms with Gasteiger partial charge >= 0.3 is 0 Å². The van der Waals surface area contributed by atoms with Crippen LogP contribution in [0.3, 0.4) is 0 Å². The van der Waals surface area contributed by atoms with Gasteiger partial charge in [0.1, 0.15) is 0 Å². The van der Waals surface area contributed by atoms with Crippen molar-refractivity contribution in [3.63, 3.8) is 0 Å². The van der Waals surface area contributed by atoms with Gasteiger partial charge < -0.3 is 10.6 Å². The van der Waals surface area contributed by atoms with E-state index in [1.807, 2.05) is 25.1 Å². The standard InChI is InChI=1S/C17H18F2N2S/c1-12(14-7-8-15(18)16(19)11-14)21-17(22)20-10-9-13-5-3-2-4-6-13/h2-8,11-12H,9-10H2,1H3,(H2,20,21,22)/t12-/m0/s1. The Balaban J connectivity index is 1.80. The zero-order chi connectivity index (χ0) is 15.9. The van der Waals surface area contributed by atoms with Crippen molar-refractivity contribution in [3.8, 4) is 0 Å². The van der Waals surface area contributed by atoms with Crippen LogP contribution in [0.25, 0.3) is 0 Å². The predicted octanol–water partition coefficient (Wildman–Crippen LogP) is 3.73. The van der Waals surface area contributed by atoms with Crippen molar-refractivity contribution in [1.82, 2.24) is 10.6 Å². The van der Waals surface area contributed by atoms with Gasteiger partial charge in [-0.25, -0.2) is 8.78 Å². The number of nitrogens with one attached hydrogen (secondary N) is 2. The van der Waals surface area contributed by atoms with E-state index in [-0.39, 0.29) is 6.04 Å². The summed E-state index contributed by atoms with van der Waals surface area (Å²) in [5.41, 5.74) is 1.87. The van der Waals surface area contributed by atoms with E-state index in [9.17, 15) is 8.78 Å². The second-order valence-electron chi connectivity index (χ2n) is 5.03. The maximum Gasteiger partial charge on any atom is 0.166 e. The zero-order valence-electron chi connectivity index (χ0n) is 12.3. The van der Waals surface area contributed by atoms with Crippen LogP contribution in [0.5, 0.6) is 0 Å². The lowest BCUT2D eigenvalue weighted by Crippen LogP contribution is -2.37. The van der Waals surface area contributed by atoms with Gasteiger partial charge in [-0.2, -0.15) is 0 Å². The highest BCUT2D eigenvalue weighted by Gasteiger charge is 2.10. The van der Waals surface area contributed by atoms with Crippen molar-refractivity contribution in [2.75, 3.05) is 6.54 Å². The summed E-state index contributed by atoms with van der Waals surface area (Å²) >= 11 is 5.21. The first-order chi connectivity index (χ1) is 10.6. The van der Waals surface area contributed by atoms with Gasteiger partial charge in [-0.3, -0.25) is 0 Å². The van der Waals surface area contributed by atoms with Crippen molar-refractivity contribution in [3.05, 3.63) is 71.3 Å². The molecule has 1 atom stereocenters. The Bertz CT molecular complexity index is 632. The molecule has 2 rings (SSSR count). The van der Waals surface area contributed by atoms with Crippen LogP contribution in [-0.2, 0) is 6.42 Å². The van der Waals surface area contributed by atoms with Gasteiger partial charge in [0.15, 0.2) is 16.7 Å². The fraction of sp³-hybridized carbons (Fsp3) is 0.235. The number of halogens is 2. The Labute approximate surface area is 134 Å². The Morgan fingerprint density at radius 2 is 1.82 bits per heavy atom. The molecular weight excluding hydrogens is 302 g/mol. The minimum Gasteiger partial charge on any atom is -0.362 e. The van der Waals surface area contributed by atoms with Gasteiger partial charge in [-0.15, -0.1) is 0 Å². The van der Waals surface area contributed by atoms with Crippen LogP contribution in [0.4, 0.5) is 8.78 Å². The normalized spacial score (nSPS) is 11.8. The third kappa shape index (κ3) is 4.77. The van der Waals surface area contributed by atoms with Crippen LogP contribution in [0.1, 0.15) is 24.1 Å². The van der Waals surface area contributed by atoms with Crippen LogP contribution < -0.4 is 10.6 Å². The third-order valence-corrected chi connectivity index (χ3v) is 3.60. The molecule has 0 amide bonds. The van der Waals surface area contributed by atoms with Crippen LogP contribution in [0, 0.1) is 11.6 Å². The highest BCUT2D eigenvalue weighted by Crippen LogP contribution is 2.15. The molecule has 2 aromatic rings. The minimum absolute atomic E-state index is 0.202. The van der Waals surface area contributed by atoms with Gasteiger partial charge in [0.05, 0.1) is 6.04 Å². The van der Waals surface area contributed by atoms with E-state index in [2.05, 4.69) is 22.8 Å². The lowest BCUT2D eigenvalue weighted by molar-refractivity contribution is 0.505. The molecule has 2 N–H and O–H groups in total. The molecule has 116 valence electrons. The van der Waals surface area contributed by atoms with Gasteiger partial charge in [-0.1, -0.05) is 36.4 Å². The Hall–Kier alpha value is -2.01. The van der Waals surface area contributed by atoms with E-state index in [0.717, 1.165) is 12.5 Å². The van der Waals surface area contributed by atoms with Crippen LogP contribution >= 0.6 is 12.2 Å². The molecule has 0 fully saturated rings. The second-order valence-corrected chi connectivity index (χ2v) is 5.44. The summed E-state index contributed by atoms with van der Waals surface area (Å²) in [6.07, 6.45) is 0.863. The van der Waals surface area contributed by atoms with E-state index in [0.29, 0.717) is 17.2 Å². The van der Waals surface area contributed by atoms with Crippen molar-refractivity contribution in [2.24, 2.45) is 0 Å². The molecule has 0 unspecified atom stereocenters. The maximum atomic E-state index is 13.2. The molecule has 2 nitrogen and oxygen atoms in total. The molecule has 0 aliphatic rings. The van der Waals surface area contributed by atoms with Crippen molar-refractivity contribution >= 4 is 17.3 Å². The summed E-state index contributed by atoms with van der Waals surface area (Å²) in [6, 6.07) is 13.7. The van der Waals surface area contributed by atoms with Crippen molar-refractivity contribution in [2.45, 2.75) is 19.4 Å². The van der Waals surface area contributed by atoms with E-state index in [1.165, 1.54) is 11.6 Å². The number of thiocarbonyl (C=S) groups is 1. The first-order valence-electron chi connectivity index (χ1n) is 7.09. The number of hydrogen-bond donors (Lipinski definition) is 2. The summed E-state index contributed by atoms with van der Waals surface area (Å²) in [5, 5.41) is 6.66. The second kappa shape index (κ2) is 7.84. The van der Waals surface area contributed by atoms with Gasteiger partial charge in [0.2, 0.25) is 0 Å². The van der Waals surface area contributed by atoms with Crippen LogP contribution in [0.15, 0.2) is 48.5 Å². The van der Waals surface area contributed by atoms with E-state index >= 15 is 0 Å². The maximum absolute atomic E-state index is 13.2. The average Bonchev–Trinajstić information content (AvgIpc) is 2.51. The largest absolute Gasteiger partial charge is 0.362 e.